The number of nitrogens with one attached hydrogen (secondary N) is 3. The molecule has 0 saturated carbocycles. The Morgan fingerprint density at radius 1 is 1.12 bits per heavy atom. The van der Waals surface area contributed by atoms with Crippen LogP contribution in [0.5, 0.6) is 5.75 Å². The van der Waals surface area contributed by atoms with E-state index >= 15 is 0 Å². The maximum atomic E-state index is 12.4. The minimum absolute atomic E-state index is 0.0194. The summed E-state index contributed by atoms with van der Waals surface area (Å²) in [7, 11) is -2.55. The van der Waals surface area contributed by atoms with Gasteiger partial charge in [0.2, 0.25) is 10.0 Å². The molecule has 0 aliphatic rings. The van der Waals surface area contributed by atoms with Gasteiger partial charge >= 0.3 is 6.09 Å². The van der Waals surface area contributed by atoms with Crippen LogP contribution in [0.4, 0.5) is 4.79 Å². The number of hydrogen-bond donors (Lipinski definition) is 3. The Labute approximate surface area is 153 Å². The second-order valence-electron chi connectivity index (χ2n) is 6.72. The van der Waals surface area contributed by atoms with Crippen molar-refractivity contribution in [2.45, 2.75) is 51.2 Å². The average Bonchev–Trinajstić information content (AvgIpc) is 2.49. The maximum absolute atomic E-state index is 12.4. The first-order chi connectivity index (χ1) is 11.9. The molecular weight excluding hydrogens is 362 g/mol. The number of carbonyl (C=O) groups excluding carboxylic acids is 2. The molecule has 1 rings (SSSR count). The van der Waals surface area contributed by atoms with E-state index in [0.29, 0.717) is 0 Å². The summed E-state index contributed by atoms with van der Waals surface area (Å²) < 4.78 is 37.3. The molecule has 146 valence electrons. The van der Waals surface area contributed by atoms with Crippen molar-refractivity contribution in [2.24, 2.45) is 0 Å². The molecule has 9 nitrogen and oxygen atoms in total. The molecule has 2 amide bonds. The van der Waals surface area contributed by atoms with Crippen molar-refractivity contribution in [1.82, 2.24) is 15.6 Å². The lowest BCUT2D eigenvalue weighted by molar-refractivity contribution is 0.0483. The molecule has 26 heavy (non-hydrogen) atoms. The number of carbonyl (C=O) groups is 2. The molecule has 1 aromatic rings. The van der Waals surface area contributed by atoms with Crippen molar-refractivity contribution < 1.29 is 27.5 Å². The van der Waals surface area contributed by atoms with Crippen molar-refractivity contribution in [3.05, 3.63) is 23.8 Å². The van der Waals surface area contributed by atoms with Crippen LogP contribution in [0.15, 0.2) is 23.1 Å². The molecule has 0 aromatic heterocycles. The van der Waals surface area contributed by atoms with Crippen molar-refractivity contribution in [2.75, 3.05) is 7.11 Å². The maximum Gasteiger partial charge on any atom is 0.426 e. The van der Waals surface area contributed by atoms with E-state index in [4.69, 9.17) is 9.47 Å². The third-order valence-corrected chi connectivity index (χ3v) is 4.46. The van der Waals surface area contributed by atoms with E-state index in [-0.39, 0.29) is 22.3 Å². The Morgan fingerprint density at radius 3 is 2.23 bits per heavy atom. The van der Waals surface area contributed by atoms with Gasteiger partial charge in [-0.15, -0.1) is 0 Å². The Morgan fingerprint density at radius 2 is 1.73 bits per heavy atom. The van der Waals surface area contributed by atoms with Gasteiger partial charge in [0.15, 0.2) is 0 Å². The van der Waals surface area contributed by atoms with Gasteiger partial charge in [-0.05, 0) is 52.8 Å². The van der Waals surface area contributed by atoms with Crippen LogP contribution in [0.1, 0.15) is 45.0 Å². The van der Waals surface area contributed by atoms with Gasteiger partial charge in [0, 0.05) is 11.6 Å². The molecule has 0 radical (unpaired) electrons. The molecule has 1 aromatic carbocycles. The SMILES string of the molecule is COc1ccc(C(=O)NNC(=O)OC(C)(C)C)cc1S(=O)(=O)NC(C)C. The van der Waals surface area contributed by atoms with Gasteiger partial charge in [0.25, 0.3) is 5.91 Å². The Balaban J connectivity index is 2.99. The summed E-state index contributed by atoms with van der Waals surface area (Å²) in [5, 5.41) is 0. The molecule has 0 aliphatic heterocycles. The Bertz CT molecular complexity index is 769. The predicted octanol–water partition coefficient (Wildman–Crippen LogP) is 1.55. The van der Waals surface area contributed by atoms with Crippen molar-refractivity contribution in [3.8, 4) is 5.75 Å². The largest absolute Gasteiger partial charge is 0.495 e. The summed E-state index contributed by atoms with van der Waals surface area (Å²) in [4.78, 5) is 23.6. The predicted molar refractivity (Wildman–Crippen MR) is 95.3 cm³/mol. The molecule has 3 N–H and O–H groups in total. The van der Waals surface area contributed by atoms with E-state index in [1.54, 1.807) is 34.6 Å². The summed E-state index contributed by atoms with van der Waals surface area (Å²) in [6.07, 6.45) is -0.839. The monoisotopic (exact) mass is 387 g/mol. The number of rotatable bonds is 5. The fraction of sp³-hybridized carbons (Fsp3) is 0.500. The number of hydrogen-bond acceptors (Lipinski definition) is 6. The minimum Gasteiger partial charge on any atom is -0.495 e. The van der Waals surface area contributed by atoms with Crippen LogP contribution in [-0.2, 0) is 14.8 Å². The zero-order valence-electron chi connectivity index (χ0n) is 15.7. The highest BCUT2D eigenvalue weighted by Gasteiger charge is 2.23. The zero-order chi connectivity index (χ0) is 20.1. The second-order valence-corrected chi connectivity index (χ2v) is 8.41. The molecule has 0 bridgehead atoms. The van der Waals surface area contributed by atoms with Crippen LogP contribution in [0.3, 0.4) is 0 Å². The first kappa shape index (κ1) is 21.7. The molecule has 0 atom stereocenters. The molecule has 0 spiro atoms. The summed E-state index contributed by atoms with van der Waals surface area (Å²) in [6.45, 7) is 8.38. The third-order valence-electron chi connectivity index (χ3n) is 2.78. The first-order valence-electron chi connectivity index (χ1n) is 7.85. The fourth-order valence-corrected chi connectivity index (χ4v) is 3.33. The highest BCUT2D eigenvalue weighted by atomic mass is 32.2. The fourth-order valence-electron chi connectivity index (χ4n) is 1.89. The molecular formula is C16H25N3O6S. The van der Waals surface area contributed by atoms with Crippen LogP contribution in [0.2, 0.25) is 0 Å². The van der Waals surface area contributed by atoms with E-state index in [2.05, 4.69) is 15.6 Å². The summed E-state index contributed by atoms with van der Waals surface area (Å²) >= 11 is 0. The van der Waals surface area contributed by atoms with Crippen LogP contribution >= 0.6 is 0 Å². The highest BCUT2D eigenvalue weighted by Crippen LogP contribution is 2.25. The first-order valence-corrected chi connectivity index (χ1v) is 9.34. The normalized spacial score (nSPS) is 11.8. The van der Waals surface area contributed by atoms with E-state index in [0.717, 1.165) is 6.07 Å². The second kappa shape index (κ2) is 8.37. The summed E-state index contributed by atoms with van der Waals surface area (Å²) in [5.41, 5.74) is 3.55. The highest BCUT2D eigenvalue weighted by molar-refractivity contribution is 7.89. The smallest absolute Gasteiger partial charge is 0.426 e. The minimum atomic E-state index is -3.88. The van der Waals surface area contributed by atoms with Crippen LogP contribution in [0.25, 0.3) is 0 Å². The number of ether oxygens (including phenoxy) is 2. The van der Waals surface area contributed by atoms with Gasteiger partial charge in [0.05, 0.1) is 7.11 Å². The van der Waals surface area contributed by atoms with Gasteiger partial charge in [-0.3, -0.25) is 10.2 Å². The van der Waals surface area contributed by atoms with Crippen molar-refractivity contribution in [3.63, 3.8) is 0 Å². The lowest BCUT2D eigenvalue weighted by Crippen LogP contribution is -2.44. The Hall–Kier alpha value is -2.33. The third kappa shape index (κ3) is 6.52. The van der Waals surface area contributed by atoms with Crippen molar-refractivity contribution >= 4 is 22.0 Å². The quantitative estimate of drug-likeness (QED) is 0.659. The van der Waals surface area contributed by atoms with Gasteiger partial charge in [-0.25, -0.2) is 23.4 Å². The molecule has 0 aliphatic carbocycles. The number of methoxy groups -OCH3 is 1. The molecule has 0 fully saturated rings. The lowest BCUT2D eigenvalue weighted by Gasteiger charge is -2.19. The van der Waals surface area contributed by atoms with Gasteiger partial charge in [-0.2, -0.15) is 0 Å². The lowest BCUT2D eigenvalue weighted by atomic mass is 10.2. The number of hydrazine groups is 1. The van der Waals surface area contributed by atoms with Crippen molar-refractivity contribution in [1.29, 1.82) is 0 Å². The molecule has 10 heteroatoms. The van der Waals surface area contributed by atoms with Crippen LogP contribution in [-0.4, -0.2) is 39.2 Å². The van der Waals surface area contributed by atoms with E-state index in [1.807, 2.05) is 0 Å². The van der Waals surface area contributed by atoms with Crippen LogP contribution in [0, 0.1) is 0 Å². The topological polar surface area (TPSA) is 123 Å². The molecule has 0 heterocycles. The average molecular weight is 387 g/mol. The zero-order valence-corrected chi connectivity index (χ0v) is 16.5. The number of amides is 2. The van der Waals surface area contributed by atoms with E-state index in [9.17, 15) is 18.0 Å². The van der Waals surface area contributed by atoms with Gasteiger partial charge in [0.1, 0.15) is 16.2 Å². The number of sulfonamides is 1. The standard InChI is InChI=1S/C16H25N3O6S/c1-10(2)19-26(22,23)13-9-11(7-8-12(13)24-6)14(20)17-18-15(21)25-16(3,4)5/h7-10,19H,1-6H3,(H,17,20)(H,18,21). The summed E-state index contributed by atoms with van der Waals surface area (Å²) in [5.74, 6) is -0.616. The molecule has 0 saturated heterocycles. The van der Waals surface area contributed by atoms with E-state index < -0.39 is 27.6 Å². The van der Waals surface area contributed by atoms with Crippen LogP contribution < -0.4 is 20.3 Å². The van der Waals surface area contributed by atoms with Gasteiger partial charge in [-0.1, -0.05) is 0 Å². The van der Waals surface area contributed by atoms with E-state index in [1.165, 1.54) is 19.2 Å². The summed E-state index contributed by atoms with van der Waals surface area (Å²) in [6, 6.07) is 3.56. The van der Waals surface area contributed by atoms with Gasteiger partial charge < -0.3 is 9.47 Å². The molecule has 0 unspecified atom stereocenters. The number of benzene rings is 1. The Kier molecular flexibility index (Phi) is 6.99.